The summed E-state index contributed by atoms with van der Waals surface area (Å²) in [5.41, 5.74) is 4.15. The van der Waals surface area contributed by atoms with Crippen molar-refractivity contribution in [3.63, 3.8) is 0 Å². The molecule has 4 rings (SSSR count). The average molecular weight is 434 g/mol. The Hall–Kier alpha value is -3.97. The van der Waals surface area contributed by atoms with Crippen LogP contribution in [-0.2, 0) is 17.8 Å². The number of hydrogen-bond donors (Lipinski definition) is 0. The van der Waals surface area contributed by atoms with Crippen molar-refractivity contribution < 1.29 is 19.0 Å². The SMILES string of the molecule is COCCOc1ncc(-c2cc(C)c3c(n2)CN(c2cnn(CC#N)c2)C3=O)cc1OC. The summed E-state index contributed by atoms with van der Waals surface area (Å²) in [6, 6.07) is 5.70. The van der Waals surface area contributed by atoms with Crippen molar-refractivity contribution in [2.24, 2.45) is 0 Å². The van der Waals surface area contributed by atoms with Crippen LogP contribution >= 0.6 is 0 Å². The molecule has 0 atom stereocenters. The molecule has 0 unspecified atom stereocenters. The molecular weight excluding hydrogens is 412 g/mol. The predicted molar refractivity (Wildman–Crippen MR) is 114 cm³/mol. The van der Waals surface area contributed by atoms with Gasteiger partial charge in [-0.2, -0.15) is 10.4 Å². The third kappa shape index (κ3) is 3.98. The summed E-state index contributed by atoms with van der Waals surface area (Å²) < 4.78 is 17.5. The number of nitrogens with zero attached hydrogens (tertiary/aromatic N) is 6. The third-order valence-corrected chi connectivity index (χ3v) is 5.08. The van der Waals surface area contributed by atoms with Gasteiger partial charge in [-0.3, -0.25) is 19.4 Å². The Morgan fingerprint density at radius 1 is 1.22 bits per heavy atom. The molecule has 1 amide bonds. The van der Waals surface area contributed by atoms with Gasteiger partial charge in [0.1, 0.15) is 13.2 Å². The van der Waals surface area contributed by atoms with Crippen LogP contribution in [0.1, 0.15) is 21.6 Å². The van der Waals surface area contributed by atoms with E-state index < -0.39 is 0 Å². The van der Waals surface area contributed by atoms with Gasteiger partial charge in [-0.15, -0.1) is 0 Å². The van der Waals surface area contributed by atoms with Crippen LogP contribution in [0.2, 0.25) is 0 Å². The number of aryl methyl sites for hydroxylation is 1. The zero-order valence-corrected chi connectivity index (χ0v) is 18.0. The van der Waals surface area contributed by atoms with Crippen molar-refractivity contribution in [2.45, 2.75) is 20.0 Å². The maximum Gasteiger partial charge on any atom is 0.260 e. The number of anilines is 1. The standard InChI is InChI=1S/C22H22N6O4/c1-14-8-17(15-9-19(31-3)21(24-10-15)32-7-6-30-2)26-18-13-28(22(29)20(14)18)16-11-25-27(12-16)5-4-23/h8-12H,5-7,13H2,1-3H3. The molecule has 3 aromatic rings. The molecule has 0 bridgehead atoms. The van der Waals surface area contributed by atoms with E-state index in [1.165, 1.54) is 4.68 Å². The average Bonchev–Trinajstić information content (AvgIpc) is 3.38. The lowest BCUT2D eigenvalue weighted by molar-refractivity contribution is 0.0996. The Bertz CT molecular complexity index is 1200. The molecule has 164 valence electrons. The number of nitriles is 1. The van der Waals surface area contributed by atoms with E-state index in [0.29, 0.717) is 54.0 Å². The van der Waals surface area contributed by atoms with Gasteiger partial charge in [0.2, 0.25) is 0 Å². The number of rotatable bonds is 8. The molecule has 10 nitrogen and oxygen atoms in total. The van der Waals surface area contributed by atoms with E-state index in [1.807, 2.05) is 25.1 Å². The van der Waals surface area contributed by atoms with Crippen molar-refractivity contribution in [1.29, 1.82) is 5.26 Å². The zero-order chi connectivity index (χ0) is 22.7. The van der Waals surface area contributed by atoms with Gasteiger partial charge in [0, 0.05) is 25.1 Å². The molecule has 1 aliphatic rings. The fourth-order valence-corrected chi connectivity index (χ4v) is 3.56. The molecule has 4 heterocycles. The Morgan fingerprint density at radius 2 is 2.06 bits per heavy atom. The number of aromatic nitrogens is 4. The number of pyridine rings is 2. The normalized spacial score (nSPS) is 12.6. The topological polar surface area (TPSA) is 115 Å². The van der Waals surface area contributed by atoms with Crippen molar-refractivity contribution in [1.82, 2.24) is 19.7 Å². The molecule has 0 aromatic carbocycles. The van der Waals surface area contributed by atoms with E-state index in [4.69, 9.17) is 24.5 Å². The van der Waals surface area contributed by atoms with Crippen LogP contribution in [0.15, 0.2) is 30.7 Å². The maximum absolute atomic E-state index is 13.0. The van der Waals surface area contributed by atoms with E-state index in [2.05, 4.69) is 10.1 Å². The lowest BCUT2D eigenvalue weighted by atomic mass is 10.1. The summed E-state index contributed by atoms with van der Waals surface area (Å²) in [7, 11) is 3.15. The first-order chi connectivity index (χ1) is 15.5. The summed E-state index contributed by atoms with van der Waals surface area (Å²) >= 11 is 0. The quantitative estimate of drug-likeness (QED) is 0.496. The Balaban J connectivity index is 1.62. The van der Waals surface area contributed by atoms with Crippen LogP contribution in [0, 0.1) is 18.3 Å². The summed E-state index contributed by atoms with van der Waals surface area (Å²) in [4.78, 5) is 23.7. The van der Waals surface area contributed by atoms with Crippen LogP contribution in [0.3, 0.4) is 0 Å². The number of fused-ring (bicyclic) bond motifs is 1. The molecule has 32 heavy (non-hydrogen) atoms. The molecule has 10 heteroatoms. The highest BCUT2D eigenvalue weighted by Crippen LogP contribution is 2.34. The first kappa shape index (κ1) is 21.3. The molecule has 0 spiro atoms. The number of hydrogen-bond acceptors (Lipinski definition) is 8. The molecule has 0 saturated heterocycles. The highest BCUT2D eigenvalue weighted by atomic mass is 16.5. The molecule has 0 aliphatic carbocycles. The highest BCUT2D eigenvalue weighted by Gasteiger charge is 2.32. The van der Waals surface area contributed by atoms with Gasteiger partial charge in [0.25, 0.3) is 11.8 Å². The highest BCUT2D eigenvalue weighted by molar-refractivity contribution is 6.10. The van der Waals surface area contributed by atoms with E-state index in [1.54, 1.807) is 37.7 Å². The maximum atomic E-state index is 13.0. The van der Waals surface area contributed by atoms with E-state index in [0.717, 1.165) is 11.1 Å². The number of carbonyl (C=O) groups is 1. The third-order valence-electron chi connectivity index (χ3n) is 5.08. The number of ether oxygens (including phenoxy) is 3. The van der Waals surface area contributed by atoms with E-state index >= 15 is 0 Å². The van der Waals surface area contributed by atoms with Crippen LogP contribution in [0.5, 0.6) is 11.6 Å². The minimum Gasteiger partial charge on any atom is -0.491 e. The minimum absolute atomic E-state index is 0.121. The molecule has 3 aromatic heterocycles. The molecule has 0 radical (unpaired) electrons. The van der Waals surface area contributed by atoms with Crippen molar-refractivity contribution >= 4 is 11.6 Å². The molecule has 0 fully saturated rings. The first-order valence-corrected chi connectivity index (χ1v) is 9.93. The number of amides is 1. The van der Waals surface area contributed by atoms with Crippen LogP contribution in [-0.4, -0.2) is 53.1 Å². The summed E-state index contributed by atoms with van der Waals surface area (Å²) in [6.45, 7) is 3.13. The van der Waals surface area contributed by atoms with Crippen LogP contribution in [0.4, 0.5) is 5.69 Å². The minimum atomic E-state index is -0.134. The van der Waals surface area contributed by atoms with Gasteiger partial charge in [-0.1, -0.05) is 0 Å². The Kier molecular flexibility index (Phi) is 6.00. The monoisotopic (exact) mass is 434 g/mol. The van der Waals surface area contributed by atoms with Crippen molar-refractivity contribution in [2.75, 3.05) is 32.3 Å². The smallest absolute Gasteiger partial charge is 0.260 e. The fourth-order valence-electron chi connectivity index (χ4n) is 3.56. The van der Waals surface area contributed by atoms with E-state index in [-0.39, 0.29) is 12.5 Å². The summed E-state index contributed by atoms with van der Waals surface area (Å²) in [6.07, 6.45) is 4.92. The predicted octanol–water partition coefficient (Wildman–Crippen LogP) is 2.37. The van der Waals surface area contributed by atoms with Gasteiger partial charge in [-0.25, -0.2) is 4.98 Å². The summed E-state index contributed by atoms with van der Waals surface area (Å²) in [5.74, 6) is 0.730. The Morgan fingerprint density at radius 3 is 2.81 bits per heavy atom. The van der Waals surface area contributed by atoms with Crippen LogP contribution < -0.4 is 14.4 Å². The second-order valence-corrected chi connectivity index (χ2v) is 7.16. The zero-order valence-electron chi connectivity index (χ0n) is 18.0. The molecular formula is C22H22N6O4. The second-order valence-electron chi connectivity index (χ2n) is 7.16. The molecule has 0 N–H and O–H groups in total. The van der Waals surface area contributed by atoms with E-state index in [9.17, 15) is 4.79 Å². The van der Waals surface area contributed by atoms with Gasteiger partial charge in [-0.05, 0) is 24.6 Å². The second kappa shape index (κ2) is 9.03. The molecule has 1 aliphatic heterocycles. The first-order valence-electron chi connectivity index (χ1n) is 9.93. The van der Waals surface area contributed by atoms with Gasteiger partial charge in [0.15, 0.2) is 5.75 Å². The van der Waals surface area contributed by atoms with Crippen LogP contribution in [0.25, 0.3) is 11.3 Å². The van der Waals surface area contributed by atoms with Crippen molar-refractivity contribution in [3.8, 4) is 29.0 Å². The lowest BCUT2D eigenvalue weighted by Crippen LogP contribution is -2.22. The number of carbonyl (C=O) groups excluding carboxylic acids is 1. The fraction of sp³-hybridized carbons (Fsp3) is 0.318. The van der Waals surface area contributed by atoms with Crippen molar-refractivity contribution in [3.05, 3.63) is 47.5 Å². The van der Waals surface area contributed by atoms with Gasteiger partial charge < -0.3 is 14.2 Å². The molecule has 0 saturated carbocycles. The lowest BCUT2D eigenvalue weighted by Gasteiger charge is -2.11. The summed E-state index contributed by atoms with van der Waals surface area (Å²) in [5, 5.41) is 13.0. The largest absolute Gasteiger partial charge is 0.491 e. The number of methoxy groups -OCH3 is 2. The van der Waals surface area contributed by atoms with Gasteiger partial charge >= 0.3 is 0 Å². The Labute approximate surface area is 185 Å². The van der Waals surface area contributed by atoms with Gasteiger partial charge in [0.05, 0.1) is 55.2 Å².